The van der Waals surface area contributed by atoms with Crippen molar-refractivity contribution in [1.29, 1.82) is 0 Å². The molecule has 0 heterocycles. The van der Waals surface area contributed by atoms with Gasteiger partial charge in [0.2, 0.25) is 0 Å². The lowest BCUT2D eigenvalue weighted by molar-refractivity contribution is 0.102. The molecule has 2 aromatic rings. The average molecular weight is 293 g/mol. The van der Waals surface area contributed by atoms with Gasteiger partial charge in [-0.2, -0.15) is 0 Å². The lowest BCUT2D eigenvalue weighted by Gasteiger charge is -2.11. The predicted octanol–water partition coefficient (Wildman–Crippen LogP) is 3.23. The molecule has 0 aliphatic carbocycles. The van der Waals surface area contributed by atoms with Crippen molar-refractivity contribution >= 4 is 11.6 Å². The summed E-state index contributed by atoms with van der Waals surface area (Å²) in [6.07, 6.45) is 0. The number of benzene rings is 2. The number of halogens is 2. The number of hydrogen-bond acceptors (Lipinski definition) is 3. The standard InChI is InChI=1S/C15H13F2NO3/c1-20-12-3-4-13(14(8-12)21-2)18-15(19)9-5-10(16)7-11(17)6-9/h3-8H,1-2H3,(H,18,19). The highest BCUT2D eigenvalue weighted by molar-refractivity contribution is 6.05. The van der Waals surface area contributed by atoms with Crippen LogP contribution in [0, 0.1) is 11.6 Å². The minimum atomic E-state index is -0.818. The summed E-state index contributed by atoms with van der Waals surface area (Å²) in [6, 6.07) is 7.39. The number of carbonyl (C=O) groups is 1. The van der Waals surface area contributed by atoms with Crippen LogP contribution in [-0.2, 0) is 0 Å². The van der Waals surface area contributed by atoms with E-state index in [1.165, 1.54) is 14.2 Å². The Bertz CT molecular complexity index is 654. The van der Waals surface area contributed by atoms with E-state index in [2.05, 4.69) is 5.32 Å². The molecule has 110 valence electrons. The second-order valence-corrected chi connectivity index (χ2v) is 4.18. The van der Waals surface area contributed by atoms with E-state index in [9.17, 15) is 13.6 Å². The molecule has 2 rings (SSSR count). The maximum absolute atomic E-state index is 13.1. The van der Waals surface area contributed by atoms with Gasteiger partial charge in [0.15, 0.2) is 0 Å². The highest BCUT2D eigenvalue weighted by atomic mass is 19.1. The molecule has 0 aromatic heterocycles. The molecule has 1 N–H and O–H groups in total. The van der Waals surface area contributed by atoms with Gasteiger partial charge in [-0.1, -0.05) is 0 Å². The van der Waals surface area contributed by atoms with Crippen molar-refractivity contribution in [3.05, 3.63) is 53.6 Å². The van der Waals surface area contributed by atoms with Crippen LogP contribution >= 0.6 is 0 Å². The van der Waals surface area contributed by atoms with Gasteiger partial charge in [0.05, 0.1) is 19.9 Å². The SMILES string of the molecule is COc1ccc(NC(=O)c2cc(F)cc(F)c2)c(OC)c1. The number of carbonyl (C=O) groups excluding carboxylic acids is 1. The molecule has 21 heavy (non-hydrogen) atoms. The van der Waals surface area contributed by atoms with Crippen LogP contribution in [0.1, 0.15) is 10.4 Å². The van der Waals surface area contributed by atoms with Gasteiger partial charge in [0.25, 0.3) is 5.91 Å². The Balaban J connectivity index is 2.26. The Kier molecular flexibility index (Phi) is 4.37. The normalized spacial score (nSPS) is 10.1. The van der Waals surface area contributed by atoms with E-state index in [0.29, 0.717) is 23.3 Å². The fraction of sp³-hybridized carbons (Fsp3) is 0.133. The molecule has 0 bridgehead atoms. The van der Waals surface area contributed by atoms with E-state index in [0.717, 1.165) is 12.1 Å². The molecule has 2 aromatic carbocycles. The van der Waals surface area contributed by atoms with Gasteiger partial charge in [-0.15, -0.1) is 0 Å². The van der Waals surface area contributed by atoms with Gasteiger partial charge in [0.1, 0.15) is 23.1 Å². The van der Waals surface area contributed by atoms with Gasteiger partial charge in [-0.3, -0.25) is 4.79 Å². The molecule has 0 spiro atoms. The van der Waals surface area contributed by atoms with Gasteiger partial charge in [0, 0.05) is 17.7 Å². The molecular weight excluding hydrogens is 280 g/mol. The first-order chi connectivity index (χ1) is 10.0. The minimum Gasteiger partial charge on any atom is -0.497 e. The van der Waals surface area contributed by atoms with Gasteiger partial charge >= 0.3 is 0 Å². The Labute approximate surface area is 120 Å². The maximum atomic E-state index is 13.1. The van der Waals surface area contributed by atoms with Gasteiger partial charge in [-0.25, -0.2) is 8.78 Å². The third-order valence-corrected chi connectivity index (χ3v) is 2.78. The molecule has 6 heteroatoms. The fourth-order valence-corrected chi connectivity index (χ4v) is 1.78. The van der Waals surface area contributed by atoms with Crippen LogP contribution in [0.25, 0.3) is 0 Å². The van der Waals surface area contributed by atoms with Crippen molar-refractivity contribution in [2.75, 3.05) is 19.5 Å². The lowest BCUT2D eigenvalue weighted by Crippen LogP contribution is -2.13. The Morgan fingerprint density at radius 1 is 1.00 bits per heavy atom. The zero-order valence-corrected chi connectivity index (χ0v) is 11.4. The summed E-state index contributed by atoms with van der Waals surface area (Å²) in [5.41, 5.74) is 0.248. The highest BCUT2D eigenvalue weighted by Gasteiger charge is 2.12. The molecule has 0 aliphatic rings. The third-order valence-electron chi connectivity index (χ3n) is 2.78. The predicted molar refractivity (Wildman–Crippen MR) is 73.9 cm³/mol. The van der Waals surface area contributed by atoms with Crippen LogP contribution in [-0.4, -0.2) is 20.1 Å². The molecule has 0 fully saturated rings. The molecule has 0 saturated heterocycles. The second-order valence-electron chi connectivity index (χ2n) is 4.18. The summed E-state index contributed by atoms with van der Waals surface area (Å²) in [4.78, 5) is 12.0. The van der Waals surface area contributed by atoms with Crippen LogP contribution in [0.2, 0.25) is 0 Å². The summed E-state index contributed by atoms with van der Waals surface area (Å²) >= 11 is 0. The zero-order chi connectivity index (χ0) is 15.4. The Morgan fingerprint density at radius 3 is 2.24 bits per heavy atom. The number of nitrogens with one attached hydrogen (secondary N) is 1. The number of anilines is 1. The fourth-order valence-electron chi connectivity index (χ4n) is 1.78. The number of rotatable bonds is 4. The van der Waals surface area contributed by atoms with Crippen LogP contribution in [0.5, 0.6) is 11.5 Å². The summed E-state index contributed by atoms with van der Waals surface area (Å²) < 4.78 is 36.4. The Morgan fingerprint density at radius 2 is 1.67 bits per heavy atom. The van der Waals surface area contributed by atoms with E-state index in [4.69, 9.17) is 9.47 Å². The van der Waals surface area contributed by atoms with Crippen molar-refractivity contribution in [2.24, 2.45) is 0 Å². The molecule has 4 nitrogen and oxygen atoms in total. The van der Waals surface area contributed by atoms with E-state index in [1.807, 2.05) is 0 Å². The summed E-state index contributed by atoms with van der Waals surface area (Å²) in [7, 11) is 2.94. The smallest absolute Gasteiger partial charge is 0.255 e. The average Bonchev–Trinajstić information content (AvgIpc) is 2.46. The third kappa shape index (κ3) is 3.47. The zero-order valence-electron chi connectivity index (χ0n) is 11.4. The van der Waals surface area contributed by atoms with Crippen LogP contribution in [0.15, 0.2) is 36.4 Å². The second kappa shape index (κ2) is 6.21. The number of ether oxygens (including phenoxy) is 2. The monoisotopic (exact) mass is 293 g/mol. The topological polar surface area (TPSA) is 47.6 Å². The first-order valence-corrected chi connectivity index (χ1v) is 6.03. The summed E-state index contributed by atoms with van der Waals surface area (Å²) in [5.74, 6) is -1.35. The molecule has 0 saturated carbocycles. The van der Waals surface area contributed by atoms with Crippen molar-refractivity contribution < 1.29 is 23.0 Å². The van der Waals surface area contributed by atoms with E-state index in [-0.39, 0.29) is 5.56 Å². The van der Waals surface area contributed by atoms with Crippen molar-refractivity contribution in [2.45, 2.75) is 0 Å². The van der Waals surface area contributed by atoms with Gasteiger partial charge in [-0.05, 0) is 24.3 Å². The van der Waals surface area contributed by atoms with Crippen LogP contribution in [0.3, 0.4) is 0 Å². The van der Waals surface area contributed by atoms with Crippen molar-refractivity contribution in [1.82, 2.24) is 0 Å². The number of amides is 1. The highest BCUT2D eigenvalue weighted by Crippen LogP contribution is 2.29. The quantitative estimate of drug-likeness (QED) is 0.941. The number of methoxy groups -OCH3 is 2. The van der Waals surface area contributed by atoms with Crippen LogP contribution in [0.4, 0.5) is 14.5 Å². The molecular formula is C15H13F2NO3. The molecule has 0 atom stereocenters. The van der Waals surface area contributed by atoms with E-state index in [1.54, 1.807) is 18.2 Å². The largest absolute Gasteiger partial charge is 0.497 e. The van der Waals surface area contributed by atoms with E-state index < -0.39 is 17.5 Å². The minimum absolute atomic E-state index is 0.120. The lowest BCUT2D eigenvalue weighted by atomic mass is 10.2. The van der Waals surface area contributed by atoms with Crippen molar-refractivity contribution in [3.63, 3.8) is 0 Å². The maximum Gasteiger partial charge on any atom is 0.255 e. The Hall–Kier alpha value is -2.63. The van der Waals surface area contributed by atoms with Crippen LogP contribution < -0.4 is 14.8 Å². The molecule has 1 amide bonds. The molecule has 0 unspecified atom stereocenters. The molecule has 0 radical (unpaired) electrons. The number of hydrogen-bond donors (Lipinski definition) is 1. The first kappa shape index (κ1) is 14.8. The van der Waals surface area contributed by atoms with E-state index >= 15 is 0 Å². The summed E-state index contributed by atoms with van der Waals surface area (Å²) in [5, 5.41) is 2.53. The first-order valence-electron chi connectivity index (χ1n) is 6.03. The summed E-state index contributed by atoms with van der Waals surface area (Å²) in [6.45, 7) is 0. The van der Waals surface area contributed by atoms with Crippen molar-refractivity contribution in [3.8, 4) is 11.5 Å². The molecule has 0 aliphatic heterocycles. The van der Waals surface area contributed by atoms with Gasteiger partial charge < -0.3 is 14.8 Å².